The lowest BCUT2D eigenvalue weighted by Crippen LogP contribution is -2.10. The van der Waals surface area contributed by atoms with E-state index in [4.69, 9.17) is 4.98 Å². The van der Waals surface area contributed by atoms with Gasteiger partial charge in [0.05, 0.1) is 22.1 Å². The van der Waals surface area contributed by atoms with Gasteiger partial charge in [-0.1, -0.05) is 0 Å². The molecule has 0 fully saturated rings. The highest BCUT2D eigenvalue weighted by atomic mass is 19.1. The van der Waals surface area contributed by atoms with Gasteiger partial charge in [0.1, 0.15) is 17.0 Å². The molecule has 5 aromatic heterocycles. The number of rotatable bonds is 5. The minimum atomic E-state index is -0.374. The number of hydrogen-bond acceptors (Lipinski definition) is 6. The zero-order valence-corrected chi connectivity index (χ0v) is 19.1. The number of nitrogens with zero attached hydrogens (tertiary/aromatic N) is 6. The van der Waals surface area contributed by atoms with E-state index in [9.17, 15) is 0 Å². The van der Waals surface area contributed by atoms with E-state index in [-0.39, 0.29) is 5.82 Å². The largest absolute Gasteiger partial charge is 0.336 e. The maximum Gasteiger partial charge on any atom is 0.159 e. The summed E-state index contributed by atoms with van der Waals surface area (Å²) in [7, 11) is 3.97. The van der Waals surface area contributed by atoms with Crippen molar-refractivity contribution in [3.05, 3.63) is 78.8 Å². The number of pyridine rings is 3. The molecule has 2 N–H and O–H groups in total. The first-order valence-electron chi connectivity index (χ1n) is 11.1. The molecule has 0 radical (unpaired) electrons. The SMILES string of the molecule is CN(C)Cc1cncc(-c2ccc3[nH]nc(-c4nc5c(-c6cccnc6)nccc5[nH]4)c3c2F)c1. The van der Waals surface area contributed by atoms with E-state index in [0.29, 0.717) is 51.3 Å². The number of hydrogen-bond donors (Lipinski definition) is 2. The zero-order chi connectivity index (χ0) is 23.9. The molecule has 0 spiro atoms. The first kappa shape index (κ1) is 21.1. The second-order valence-electron chi connectivity index (χ2n) is 8.62. The summed E-state index contributed by atoms with van der Waals surface area (Å²) in [5, 5.41) is 7.71. The van der Waals surface area contributed by atoms with Crippen LogP contribution in [0.2, 0.25) is 0 Å². The van der Waals surface area contributed by atoms with Gasteiger partial charge in [0.25, 0.3) is 0 Å². The minimum Gasteiger partial charge on any atom is -0.336 e. The highest BCUT2D eigenvalue weighted by molar-refractivity contribution is 5.98. The summed E-state index contributed by atoms with van der Waals surface area (Å²) in [6.45, 7) is 0.716. The van der Waals surface area contributed by atoms with Crippen molar-refractivity contribution < 1.29 is 4.39 Å². The van der Waals surface area contributed by atoms with Crippen molar-refractivity contribution in [2.24, 2.45) is 0 Å². The zero-order valence-electron chi connectivity index (χ0n) is 19.1. The van der Waals surface area contributed by atoms with Crippen molar-refractivity contribution in [2.75, 3.05) is 14.1 Å². The molecule has 0 bridgehead atoms. The third kappa shape index (κ3) is 3.71. The van der Waals surface area contributed by atoms with Gasteiger partial charge in [-0.25, -0.2) is 9.37 Å². The van der Waals surface area contributed by atoms with Crippen LogP contribution in [-0.4, -0.2) is 54.1 Å². The number of fused-ring (bicyclic) bond motifs is 2. The summed E-state index contributed by atoms with van der Waals surface area (Å²) in [4.78, 5) is 23.1. The van der Waals surface area contributed by atoms with Gasteiger partial charge in [-0.15, -0.1) is 0 Å². The average molecular weight is 465 g/mol. The molecule has 35 heavy (non-hydrogen) atoms. The number of imidazole rings is 1. The van der Waals surface area contributed by atoms with Crippen LogP contribution in [0.3, 0.4) is 0 Å². The van der Waals surface area contributed by atoms with Gasteiger partial charge in [-0.2, -0.15) is 5.10 Å². The first-order valence-corrected chi connectivity index (χ1v) is 11.1. The summed E-state index contributed by atoms with van der Waals surface area (Å²) in [6, 6.07) is 11.2. The van der Waals surface area contributed by atoms with Gasteiger partial charge in [-0.3, -0.25) is 20.1 Å². The van der Waals surface area contributed by atoms with Crippen LogP contribution < -0.4 is 0 Å². The van der Waals surface area contributed by atoms with Gasteiger partial charge >= 0.3 is 0 Å². The van der Waals surface area contributed by atoms with Crippen molar-refractivity contribution in [1.29, 1.82) is 0 Å². The number of benzene rings is 1. The van der Waals surface area contributed by atoms with Crippen LogP contribution in [0.5, 0.6) is 0 Å². The molecule has 8 nitrogen and oxygen atoms in total. The third-order valence-corrected chi connectivity index (χ3v) is 5.83. The summed E-state index contributed by atoms with van der Waals surface area (Å²) in [5.41, 5.74) is 6.17. The quantitative estimate of drug-likeness (QED) is 0.379. The fourth-order valence-corrected chi connectivity index (χ4v) is 4.32. The molecule has 172 valence electrons. The lowest BCUT2D eigenvalue weighted by atomic mass is 10.0. The van der Waals surface area contributed by atoms with Gasteiger partial charge in [0.15, 0.2) is 5.82 Å². The van der Waals surface area contributed by atoms with Crippen molar-refractivity contribution in [1.82, 2.24) is 40.0 Å². The van der Waals surface area contributed by atoms with E-state index in [1.807, 2.05) is 49.3 Å². The molecule has 0 unspecified atom stereocenters. The average Bonchev–Trinajstić information content (AvgIpc) is 3.49. The van der Waals surface area contributed by atoms with Gasteiger partial charge < -0.3 is 9.88 Å². The molecule has 0 aliphatic heterocycles. The van der Waals surface area contributed by atoms with Crippen molar-refractivity contribution >= 4 is 21.9 Å². The van der Waals surface area contributed by atoms with Gasteiger partial charge in [-0.05, 0) is 56.1 Å². The molecule has 0 amide bonds. The van der Waals surface area contributed by atoms with Crippen LogP contribution in [-0.2, 0) is 6.54 Å². The number of nitrogens with one attached hydrogen (secondary N) is 2. The molecular formula is C26H21FN8. The molecule has 5 heterocycles. The van der Waals surface area contributed by atoms with Crippen molar-refractivity contribution in [2.45, 2.75) is 6.54 Å². The lowest BCUT2D eigenvalue weighted by Gasteiger charge is -2.11. The van der Waals surface area contributed by atoms with Gasteiger partial charge in [0.2, 0.25) is 0 Å². The summed E-state index contributed by atoms with van der Waals surface area (Å²) >= 11 is 0. The molecule has 0 aliphatic carbocycles. The Bertz CT molecular complexity index is 1670. The number of H-pyrrole nitrogens is 2. The normalized spacial score (nSPS) is 11.7. The molecular weight excluding hydrogens is 443 g/mol. The van der Waals surface area contributed by atoms with Crippen LogP contribution in [0.1, 0.15) is 5.56 Å². The lowest BCUT2D eigenvalue weighted by molar-refractivity contribution is 0.402. The topological polar surface area (TPSA) is 99.3 Å². The Morgan fingerprint density at radius 1 is 0.914 bits per heavy atom. The predicted molar refractivity (Wildman–Crippen MR) is 133 cm³/mol. The van der Waals surface area contributed by atoms with Crippen molar-refractivity contribution in [3.8, 4) is 33.9 Å². The minimum absolute atomic E-state index is 0.371. The standard InChI is InChI=1S/C26H21FN8/c1-35(2)14-15-10-17(13-29-11-15)18-5-6-19-21(22(18)27)25(34-33-19)26-31-20-7-9-30-23(24(20)32-26)16-4-3-8-28-12-16/h3-13H,14H2,1-2H3,(H,31,32)(H,33,34). The Hall–Kier alpha value is -4.50. The van der Waals surface area contributed by atoms with Crippen LogP contribution >= 0.6 is 0 Å². The van der Waals surface area contributed by atoms with E-state index in [1.54, 1.807) is 37.1 Å². The van der Waals surface area contributed by atoms with E-state index < -0.39 is 0 Å². The molecule has 6 aromatic rings. The number of aromatic nitrogens is 7. The molecule has 0 aliphatic rings. The second kappa shape index (κ2) is 8.37. The van der Waals surface area contributed by atoms with Crippen LogP contribution in [0.15, 0.2) is 67.4 Å². The van der Waals surface area contributed by atoms with Crippen LogP contribution in [0.4, 0.5) is 4.39 Å². The Balaban J connectivity index is 1.49. The Kier molecular flexibility index (Phi) is 5.04. The maximum absolute atomic E-state index is 16.0. The summed E-state index contributed by atoms with van der Waals surface area (Å²) < 4.78 is 16.0. The highest BCUT2D eigenvalue weighted by Crippen LogP contribution is 2.35. The summed E-state index contributed by atoms with van der Waals surface area (Å²) in [5.74, 6) is 0.0843. The molecule has 6 rings (SSSR count). The van der Waals surface area contributed by atoms with Crippen LogP contribution in [0.25, 0.3) is 55.8 Å². The molecule has 1 aromatic carbocycles. The summed E-state index contributed by atoms with van der Waals surface area (Å²) in [6.07, 6.45) is 8.63. The Morgan fingerprint density at radius 2 is 1.80 bits per heavy atom. The Morgan fingerprint density at radius 3 is 2.63 bits per heavy atom. The smallest absolute Gasteiger partial charge is 0.159 e. The van der Waals surface area contributed by atoms with Crippen molar-refractivity contribution in [3.63, 3.8) is 0 Å². The third-order valence-electron chi connectivity index (χ3n) is 5.83. The molecule has 0 saturated carbocycles. The number of aromatic amines is 2. The van der Waals surface area contributed by atoms with E-state index >= 15 is 4.39 Å². The molecule has 0 atom stereocenters. The van der Waals surface area contributed by atoms with E-state index in [2.05, 4.69) is 30.1 Å². The fraction of sp³-hybridized carbons (Fsp3) is 0.115. The maximum atomic E-state index is 16.0. The first-order chi connectivity index (χ1) is 17.1. The monoisotopic (exact) mass is 464 g/mol. The van der Waals surface area contributed by atoms with Gasteiger partial charge in [0, 0.05) is 54.2 Å². The molecule has 9 heteroatoms. The van der Waals surface area contributed by atoms with E-state index in [1.165, 1.54) is 0 Å². The number of halogens is 1. The Labute approximate surface area is 199 Å². The highest BCUT2D eigenvalue weighted by Gasteiger charge is 2.20. The van der Waals surface area contributed by atoms with E-state index in [0.717, 1.165) is 16.6 Å². The van der Waals surface area contributed by atoms with Crippen LogP contribution in [0, 0.1) is 5.82 Å². The predicted octanol–water partition coefficient (Wildman–Crippen LogP) is 4.83. The molecule has 0 saturated heterocycles. The second-order valence-corrected chi connectivity index (χ2v) is 8.62. The fourth-order valence-electron chi connectivity index (χ4n) is 4.32.